The molecule has 1 unspecified atom stereocenters. The molecule has 0 spiro atoms. The van der Waals surface area contributed by atoms with Crippen LogP contribution in [0.3, 0.4) is 0 Å². The van der Waals surface area contributed by atoms with Crippen LogP contribution in [0.15, 0.2) is 29.6 Å². The van der Waals surface area contributed by atoms with Gasteiger partial charge in [-0.15, -0.1) is 36.2 Å². The number of thiazole rings is 1. The summed E-state index contributed by atoms with van der Waals surface area (Å²) in [6.07, 6.45) is 0.711. The Bertz CT molecular complexity index is 751. The molecule has 1 saturated heterocycles. The van der Waals surface area contributed by atoms with E-state index in [9.17, 15) is 13.6 Å². The zero-order chi connectivity index (χ0) is 17.8. The SMILES string of the molecule is Cl.Cl.NCc1nc(C(=O)NC2CCN(c3ccccc3OC(F)F)C2)cs1. The van der Waals surface area contributed by atoms with Gasteiger partial charge in [-0.2, -0.15) is 8.78 Å². The van der Waals surface area contributed by atoms with Gasteiger partial charge in [0.1, 0.15) is 16.5 Å². The van der Waals surface area contributed by atoms with E-state index in [0.717, 1.165) is 0 Å². The van der Waals surface area contributed by atoms with Crippen molar-refractivity contribution in [2.24, 2.45) is 5.73 Å². The van der Waals surface area contributed by atoms with Crippen LogP contribution >= 0.6 is 36.2 Å². The minimum Gasteiger partial charge on any atom is -0.433 e. The molecule has 1 aromatic heterocycles. The van der Waals surface area contributed by atoms with Crippen molar-refractivity contribution in [3.63, 3.8) is 0 Å². The summed E-state index contributed by atoms with van der Waals surface area (Å²) in [7, 11) is 0. The third-order valence-corrected chi connectivity index (χ3v) is 4.78. The van der Waals surface area contributed by atoms with Crippen molar-refractivity contribution in [3.8, 4) is 5.75 Å². The summed E-state index contributed by atoms with van der Waals surface area (Å²) < 4.78 is 29.7. The second-order valence-corrected chi connectivity index (χ2v) is 6.52. The fourth-order valence-electron chi connectivity index (χ4n) is 2.78. The van der Waals surface area contributed by atoms with Crippen molar-refractivity contribution in [2.75, 3.05) is 18.0 Å². The summed E-state index contributed by atoms with van der Waals surface area (Å²) in [4.78, 5) is 18.3. The lowest BCUT2D eigenvalue weighted by molar-refractivity contribution is -0.0495. The van der Waals surface area contributed by atoms with Crippen LogP contribution in [-0.2, 0) is 6.54 Å². The number of aromatic nitrogens is 1. The lowest BCUT2D eigenvalue weighted by Crippen LogP contribution is -2.37. The zero-order valence-corrected chi connectivity index (χ0v) is 16.6. The van der Waals surface area contributed by atoms with Crippen LogP contribution in [0.5, 0.6) is 5.75 Å². The van der Waals surface area contributed by atoms with Crippen molar-refractivity contribution in [1.82, 2.24) is 10.3 Å². The molecule has 1 amide bonds. The van der Waals surface area contributed by atoms with Gasteiger partial charge in [0.05, 0.1) is 5.69 Å². The largest absolute Gasteiger partial charge is 0.433 e. The van der Waals surface area contributed by atoms with Gasteiger partial charge in [-0.05, 0) is 18.6 Å². The Hall–Kier alpha value is -1.68. The van der Waals surface area contributed by atoms with Crippen LogP contribution in [0.1, 0.15) is 21.9 Å². The highest BCUT2D eigenvalue weighted by atomic mass is 35.5. The van der Waals surface area contributed by atoms with Gasteiger partial charge in [-0.25, -0.2) is 4.98 Å². The van der Waals surface area contributed by atoms with E-state index in [2.05, 4.69) is 15.0 Å². The Morgan fingerprint density at radius 3 is 2.81 bits per heavy atom. The molecule has 0 saturated carbocycles. The highest BCUT2D eigenvalue weighted by molar-refractivity contribution is 7.09. The second kappa shape index (κ2) is 10.6. The molecule has 1 atom stereocenters. The maximum Gasteiger partial charge on any atom is 0.387 e. The normalized spacial score (nSPS) is 15.9. The first kappa shape index (κ1) is 23.4. The number of para-hydroxylation sites is 2. The van der Waals surface area contributed by atoms with Gasteiger partial charge in [-0.3, -0.25) is 4.79 Å². The molecule has 1 aliphatic heterocycles. The van der Waals surface area contributed by atoms with Crippen LogP contribution < -0.4 is 20.7 Å². The predicted molar refractivity (Wildman–Crippen MR) is 106 cm³/mol. The van der Waals surface area contributed by atoms with Crippen molar-refractivity contribution in [3.05, 3.63) is 40.3 Å². The average Bonchev–Trinajstić information content (AvgIpc) is 3.24. The Labute approximate surface area is 171 Å². The molecule has 150 valence electrons. The molecule has 0 aliphatic carbocycles. The van der Waals surface area contributed by atoms with Crippen molar-refractivity contribution in [2.45, 2.75) is 25.6 Å². The quantitative estimate of drug-likeness (QED) is 0.721. The Kier molecular flexibility index (Phi) is 9.17. The first-order chi connectivity index (χ1) is 12.1. The van der Waals surface area contributed by atoms with E-state index in [1.807, 2.05) is 4.90 Å². The molecule has 27 heavy (non-hydrogen) atoms. The van der Waals surface area contributed by atoms with Gasteiger partial charge in [-0.1, -0.05) is 12.1 Å². The van der Waals surface area contributed by atoms with E-state index in [1.165, 1.54) is 17.4 Å². The lowest BCUT2D eigenvalue weighted by atomic mass is 10.2. The summed E-state index contributed by atoms with van der Waals surface area (Å²) in [5.41, 5.74) is 6.45. The Morgan fingerprint density at radius 1 is 1.41 bits per heavy atom. The summed E-state index contributed by atoms with van der Waals surface area (Å²) in [5, 5.41) is 5.31. The number of ether oxygens (including phenoxy) is 1. The number of amides is 1. The molecule has 0 bridgehead atoms. The summed E-state index contributed by atoms with van der Waals surface area (Å²) in [6.45, 7) is -1.42. The maximum absolute atomic E-state index is 12.5. The highest BCUT2D eigenvalue weighted by Gasteiger charge is 2.27. The van der Waals surface area contributed by atoms with E-state index >= 15 is 0 Å². The number of halogens is 4. The molecule has 3 N–H and O–H groups in total. The van der Waals surface area contributed by atoms with Crippen molar-refractivity contribution in [1.29, 1.82) is 0 Å². The number of anilines is 1. The molecule has 1 aromatic carbocycles. The van der Waals surface area contributed by atoms with Gasteiger partial charge < -0.3 is 20.7 Å². The highest BCUT2D eigenvalue weighted by Crippen LogP contribution is 2.31. The molecule has 0 radical (unpaired) electrons. The van der Waals surface area contributed by atoms with E-state index in [4.69, 9.17) is 5.73 Å². The van der Waals surface area contributed by atoms with Crippen molar-refractivity contribution < 1.29 is 18.3 Å². The fraction of sp³-hybridized carbons (Fsp3) is 0.375. The number of carbonyl (C=O) groups is 1. The minimum absolute atomic E-state index is 0. The average molecular weight is 441 g/mol. The Balaban J connectivity index is 0.00000182. The minimum atomic E-state index is -2.87. The monoisotopic (exact) mass is 440 g/mol. The first-order valence-electron chi connectivity index (χ1n) is 7.81. The van der Waals surface area contributed by atoms with Crippen LogP contribution in [0, 0.1) is 0 Å². The first-order valence-corrected chi connectivity index (χ1v) is 8.69. The number of rotatable bonds is 6. The predicted octanol–water partition coefficient (Wildman–Crippen LogP) is 3.06. The number of alkyl halides is 2. The maximum atomic E-state index is 12.5. The third kappa shape index (κ3) is 5.90. The molecule has 3 rings (SSSR count). The summed E-state index contributed by atoms with van der Waals surface area (Å²) in [6, 6.07) is 6.57. The van der Waals surface area contributed by atoms with E-state index in [0.29, 0.717) is 42.4 Å². The standard InChI is InChI=1S/C16H18F2N4O2S.2ClH/c17-16(18)24-13-4-2-1-3-12(13)22-6-5-10(8-22)20-15(23)11-9-25-14(7-19)21-11;;/h1-4,9-10,16H,5-8,19H2,(H,20,23);2*1H. The van der Waals surface area contributed by atoms with Crippen LogP contribution in [0.2, 0.25) is 0 Å². The fourth-order valence-corrected chi connectivity index (χ4v) is 3.43. The molecule has 2 aromatic rings. The molecular formula is C16H20Cl2F2N4O2S. The summed E-state index contributed by atoms with van der Waals surface area (Å²) >= 11 is 1.35. The molecule has 6 nitrogen and oxygen atoms in total. The number of benzene rings is 1. The van der Waals surface area contributed by atoms with Gasteiger partial charge in [0.15, 0.2) is 0 Å². The van der Waals surface area contributed by atoms with E-state index in [-0.39, 0.29) is 42.5 Å². The second-order valence-electron chi connectivity index (χ2n) is 5.58. The number of nitrogens with one attached hydrogen (secondary N) is 1. The van der Waals surface area contributed by atoms with Crippen LogP contribution in [0.25, 0.3) is 0 Å². The van der Waals surface area contributed by atoms with Gasteiger partial charge >= 0.3 is 6.61 Å². The summed E-state index contributed by atoms with van der Waals surface area (Å²) in [5.74, 6) is -0.114. The lowest BCUT2D eigenvalue weighted by Gasteiger charge is -2.21. The molecule has 2 heterocycles. The third-order valence-electron chi connectivity index (χ3n) is 3.90. The van der Waals surface area contributed by atoms with Crippen LogP contribution in [0.4, 0.5) is 14.5 Å². The van der Waals surface area contributed by atoms with E-state index in [1.54, 1.807) is 23.6 Å². The van der Waals surface area contributed by atoms with E-state index < -0.39 is 6.61 Å². The van der Waals surface area contributed by atoms with Gasteiger partial charge in [0, 0.05) is 31.1 Å². The molecule has 1 fully saturated rings. The van der Waals surface area contributed by atoms with Gasteiger partial charge in [0.2, 0.25) is 0 Å². The number of hydrogen-bond donors (Lipinski definition) is 2. The smallest absolute Gasteiger partial charge is 0.387 e. The topological polar surface area (TPSA) is 80.5 Å². The van der Waals surface area contributed by atoms with Crippen LogP contribution in [-0.4, -0.2) is 36.6 Å². The van der Waals surface area contributed by atoms with Gasteiger partial charge in [0.25, 0.3) is 5.91 Å². The number of carbonyl (C=O) groups excluding carboxylic acids is 1. The molecule has 11 heteroatoms. The van der Waals surface area contributed by atoms with Crippen molar-refractivity contribution >= 4 is 47.7 Å². The Morgan fingerprint density at radius 2 is 2.15 bits per heavy atom. The number of hydrogen-bond acceptors (Lipinski definition) is 6. The molecular weight excluding hydrogens is 421 g/mol. The number of nitrogens with zero attached hydrogens (tertiary/aromatic N) is 2. The zero-order valence-electron chi connectivity index (χ0n) is 14.1. The molecule has 1 aliphatic rings. The number of nitrogens with two attached hydrogens (primary N) is 1.